The van der Waals surface area contributed by atoms with Crippen molar-refractivity contribution in [2.45, 2.75) is 329 Å². The van der Waals surface area contributed by atoms with E-state index < -0.39 is 6.10 Å². The molecule has 0 heterocycles. The predicted molar refractivity (Wildman–Crippen MR) is 339 cm³/mol. The fourth-order valence-corrected chi connectivity index (χ4v) is 9.36. The van der Waals surface area contributed by atoms with Crippen LogP contribution < -0.4 is 0 Å². The van der Waals surface area contributed by atoms with Crippen LogP contribution in [0.5, 0.6) is 0 Å². The molecule has 0 amide bonds. The van der Waals surface area contributed by atoms with Gasteiger partial charge in [0.1, 0.15) is 13.2 Å². The molecule has 0 bridgehead atoms. The molecule has 0 aromatic heterocycles. The molecule has 0 radical (unpaired) electrons. The van der Waals surface area contributed by atoms with Crippen LogP contribution in [0.15, 0.2) is 97.2 Å². The van der Waals surface area contributed by atoms with E-state index in [-0.39, 0.29) is 31.1 Å². The second-order valence-corrected chi connectivity index (χ2v) is 22.0. The summed E-state index contributed by atoms with van der Waals surface area (Å²) in [6, 6.07) is 0. The molecule has 0 aliphatic rings. The molecule has 78 heavy (non-hydrogen) atoms. The molecule has 0 N–H and O–H groups in total. The van der Waals surface area contributed by atoms with Gasteiger partial charge >= 0.3 is 17.9 Å². The highest BCUT2D eigenvalue weighted by Crippen LogP contribution is 2.17. The zero-order valence-corrected chi connectivity index (χ0v) is 51.4. The molecular formula is C72H124O6. The van der Waals surface area contributed by atoms with Crippen LogP contribution in [0.2, 0.25) is 0 Å². The summed E-state index contributed by atoms with van der Waals surface area (Å²) in [5.41, 5.74) is 0. The largest absolute Gasteiger partial charge is 0.462 e. The van der Waals surface area contributed by atoms with Crippen molar-refractivity contribution in [3.8, 4) is 0 Å². The van der Waals surface area contributed by atoms with E-state index >= 15 is 0 Å². The first-order valence-electron chi connectivity index (χ1n) is 33.2. The molecule has 0 aliphatic carbocycles. The van der Waals surface area contributed by atoms with Crippen LogP contribution in [0, 0.1) is 0 Å². The lowest BCUT2D eigenvalue weighted by atomic mass is 10.0. The Labute approximate surface area is 483 Å². The summed E-state index contributed by atoms with van der Waals surface area (Å²) < 4.78 is 16.8. The predicted octanol–water partition coefficient (Wildman–Crippen LogP) is 22.8. The summed E-state index contributed by atoms with van der Waals surface area (Å²) in [7, 11) is 0. The molecule has 0 spiro atoms. The van der Waals surface area contributed by atoms with Gasteiger partial charge < -0.3 is 14.2 Å². The minimum Gasteiger partial charge on any atom is -0.462 e. The number of hydrogen-bond acceptors (Lipinski definition) is 6. The lowest BCUT2D eigenvalue weighted by Crippen LogP contribution is -2.30. The SMILES string of the molecule is CC/C=C\C/C=C\C/C=C\C/C=C\C/C=C\CCCCCC(=O)OC(COC(=O)CCCCCCCCCC)COC(=O)CCCCCCCCCCCCCCCCCCCC/C=C\C/C=C\C/C=C\CCCCCCC. The number of carbonyl (C=O) groups excluding carboxylic acids is 3. The Hall–Kier alpha value is -3.67. The van der Waals surface area contributed by atoms with E-state index in [4.69, 9.17) is 14.2 Å². The average Bonchev–Trinajstić information content (AvgIpc) is 3.44. The summed E-state index contributed by atoms with van der Waals surface area (Å²) in [5.74, 6) is -0.915. The van der Waals surface area contributed by atoms with Crippen LogP contribution in [-0.2, 0) is 28.6 Å². The second-order valence-electron chi connectivity index (χ2n) is 22.0. The van der Waals surface area contributed by atoms with Crippen LogP contribution in [0.25, 0.3) is 0 Å². The van der Waals surface area contributed by atoms with E-state index in [9.17, 15) is 14.4 Å². The average molecular weight is 1090 g/mol. The zero-order valence-electron chi connectivity index (χ0n) is 51.4. The van der Waals surface area contributed by atoms with Crippen molar-refractivity contribution < 1.29 is 28.6 Å². The van der Waals surface area contributed by atoms with Crippen LogP contribution in [0.1, 0.15) is 323 Å². The number of esters is 3. The minimum atomic E-state index is -0.792. The van der Waals surface area contributed by atoms with Crippen molar-refractivity contribution in [3.05, 3.63) is 97.2 Å². The number of hydrogen-bond donors (Lipinski definition) is 0. The third-order valence-corrected chi connectivity index (χ3v) is 14.3. The molecular weight excluding hydrogens is 961 g/mol. The van der Waals surface area contributed by atoms with Crippen LogP contribution in [0.4, 0.5) is 0 Å². The number of allylic oxidation sites excluding steroid dienone is 16. The molecule has 0 aromatic carbocycles. The van der Waals surface area contributed by atoms with Crippen LogP contribution >= 0.6 is 0 Å². The van der Waals surface area contributed by atoms with E-state index in [2.05, 4.69) is 118 Å². The standard InChI is InChI=1S/C72H124O6/c1-4-7-10-13-16-19-21-23-25-27-29-30-31-32-33-34-35-36-37-38-39-40-41-42-44-45-47-49-51-53-56-59-62-65-71(74)77-68-69(67-76-70(73)64-61-58-55-18-15-12-9-6-3)78-72(75)66-63-60-57-54-52-50-48-46-43-28-26-24-22-20-17-14-11-8-5-2/h8,11,17,20-21,23-24,26-27,29,31-32,43,46,50,52,69H,4-7,9-10,12-16,18-19,22,25,28,30,33-42,44-45,47-49,51,53-68H2,1-3H3/b11-8-,20-17-,23-21-,26-24-,29-27-,32-31-,46-43-,52-50-. The van der Waals surface area contributed by atoms with Crippen molar-refractivity contribution in [2.24, 2.45) is 0 Å². The summed E-state index contributed by atoms with van der Waals surface area (Å²) in [6.07, 6.45) is 88.8. The fraction of sp³-hybridized carbons (Fsp3) is 0.736. The van der Waals surface area contributed by atoms with Crippen molar-refractivity contribution in [3.63, 3.8) is 0 Å². The van der Waals surface area contributed by atoms with Crippen molar-refractivity contribution in [1.29, 1.82) is 0 Å². The number of carbonyl (C=O) groups is 3. The summed E-state index contributed by atoms with van der Waals surface area (Å²) in [4.78, 5) is 38.1. The highest BCUT2D eigenvalue weighted by molar-refractivity contribution is 5.71. The second kappa shape index (κ2) is 65.8. The Morgan fingerprint density at radius 2 is 0.500 bits per heavy atom. The zero-order chi connectivity index (χ0) is 56.4. The Kier molecular flexibility index (Phi) is 62.7. The maximum absolute atomic E-state index is 12.8. The molecule has 0 aliphatic heterocycles. The molecule has 0 rings (SSSR count). The minimum absolute atomic E-state index is 0.0881. The third-order valence-electron chi connectivity index (χ3n) is 14.3. The molecule has 448 valence electrons. The quantitative estimate of drug-likeness (QED) is 0.0261. The van der Waals surface area contributed by atoms with E-state index in [1.807, 2.05) is 0 Å². The van der Waals surface area contributed by atoms with Gasteiger partial charge in [0.05, 0.1) is 0 Å². The van der Waals surface area contributed by atoms with Crippen LogP contribution in [0.3, 0.4) is 0 Å². The smallest absolute Gasteiger partial charge is 0.306 e. The van der Waals surface area contributed by atoms with Gasteiger partial charge in [0, 0.05) is 19.3 Å². The summed E-state index contributed by atoms with van der Waals surface area (Å²) >= 11 is 0. The Morgan fingerprint density at radius 1 is 0.269 bits per heavy atom. The van der Waals surface area contributed by atoms with Crippen molar-refractivity contribution in [1.82, 2.24) is 0 Å². The van der Waals surface area contributed by atoms with E-state index in [0.29, 0.717) is 19.3 Å². The van der Waals surface area contributed by atoms with Gasteiger partial charge in [-0.3, -0.25) is 14.4 Å². The maximum atomic E-state index is 12.8. The first kappa shape index (κ1) is 74.3. The molecule has 0 saturated carbocycles. The lowest BCUT2D eigenvalue weighted by molar-refractivity contribution is -0.167. The van der Waals surface area contributed by atoms with Crippen molar-refractivity contribution >= 4 is 17.9 Å². The van der Waals surface area contributed by atoms with Gasteiger partial charge in [0.2, 0.25) is 0 Å². The summed E-state index contributed by atoms with van der Waals surface area (Å²) in [6.45, 7) is 6.48. The van der Waals surface area contributed by atoms with Gasteiger partial charge in [0.15, 0.2) is 6.10 Å². The Bertz CT molecular complexity index is 1530. The van der Waals surface area contributed by atoms with Crippen molar-refractivity contribution in [2.75, 3.05) is 13.2 Å². The lowest BCUT2D eigenvalue weighted by Gasteiger charge is -2.18. The van der Waals surface area contributed by atoms with E-state index in [0.717, 1.165) is 109 Å². The number of rotatable bonds is 60. The molecule has 1 unspecified atom stereocenters. The number of unbranched alkanes of at least 4 members (excludes halogenated alkanes) is 33. The van der Waals surface area contributed by atoms with Gasteiger partial charge in [-0.2, -0.15) is 0 Å². The molecule has 1 atom stereocenters. The van der Waals surface area contributed by atoms with E-state index in [1.54, 1.807) is 0 Å². The molecule has 0 fully saturated rings. The van der Waals surface area contributed by atoms with Gasteiger partial charge in [-0.15, -0.1) is 0 Å². The topological polar surface area (TPSA) is 78.9 Å². The number of ether oxygens (including phenoxy) is 3. The fourth-order valence-electron chi connectivity index (χ4n) is 9.36. The van der Waals surface area contributed by atoms with Crippen LogP contribution in [-0.4, -0.2) is 37.2 Å². The van der Waals surface area contributed by atoms with Gasteiger partial charge in [-0.1, -0.05) is 298 Å². The summed E-state index contributed by atoms with van der Waals surface area (Å²) in [5, 5.41) is 0. The van der Waals surface area contributed by atoms with E-state index in [1.165, 1.54) is 173 Å². The maximum Gasteiger partial charge on any atom is 0.306 e. The van der Waals surface area contributed by atoms with Gasteiger partial charge in [-0.05, 0) is 103 Å². The first-order chi connectivity index (χ1) is 38.5. The Morgan fingerprint density at radius 3 is 0.795 bits per heavy atom. The normalized spacial score (nSPS) is 12.7. The van der Waals surface area contributed by atoms with Gasteiger partial charge in [0.25, 0.3) is 0 Å². The molecule has 6 heteroatoms. The third kappa shape index (κ3) is 63.2. The first-order valence-corrected chi connectivity index (χ1v) is 33.2. The molecule has 0 saturated heterocycles. The van der Waals surface area contributed by atoms with Gasteiger partial charge in [-0.25, -0.2) is 0 Å². The Balaban J connectivity index is 4.10. The highest BCUT2D eigenvalue weighted by atomic mass is 16.6. The molecule has 6 nitrogen and oxygen atoms in total. The monoisotopic (exact) mass is 1080 g/mol. The molecule has 0 aromatic rings. The highest BCUT2D eigenvalue weighted by Gasteiger charge is 2.19.